The summed E-state index contributed by atoms with van der Waals surface area (Å²) in [5.41, 5.74) is 2.12. The van der Waals surface area contributed by atoms with Gasteiger partial charge in [0.2, 0.25) is 5.95 Å². The summed E-state index contributed by atoms with van der Waals surface area (Å²) in [6.07, 6.45) is 4.08. The van der Waals surface area contributed by atoms with E-state index in [0.717, 1.165) is 48.7 Å². The Balaban J connectivity index is 1.64. The zero-order valence-corrected chi connectivity index (χ0v) is 14.2. The number of nitrogens with zero attached hydrogens (tertiary/aromatic N) is 4. The van der Waals surface area contributed by atoms with Crippen LogP contribution in [0, 0.1) is 6.92 Å². The second kappa shape index (κ2) is 6.28. The number of rotatable bonds is 4. The molecule has 1 N–H and O–H groups in total. The molecule has 24 heavy (non-hydrogen) atoms. The van der Waals surface area contributed by atoms with Crippen molar-refractivity contribution in [1.29, 1.82) is 0 Å². The van der Waals surface area contributed by atoms with Crippen molar-refractivity contribution in [1.82, 2.24) is 19.4 Å². The summed E-state index contributed by atoms with van der Waals surface area (Å²) >= 11 is 0. The molecule has 1 aromatic carbocycles. The maximum absolute atomic E-state index is 5.67. The van der Waals surface area contributed by atoms with E-state index in [0.29, 0.717) is 18.5 Å². The zero-order valence-electron chi connectivity index (χ0n) is 14.2. The summed E-state index contributed by atoms with van der Waals surface area (Å²) in [7, 11) is 2.18. The predicted molar refractivity (Wildman–Crippen MR) is 94.2 cm³/mol. The summed E-state index contributed by atoms with van der Waals surface area (Å²) in [6.45, 7) is 4.75. The van der Waals surface area contributed by atoms with Crippen LogP contribution in [0.1, 0.15) is 24.5 Å². The number of piperidine rings is 1. The van der Waals surface area contributed by atoms with Gasteiger partial charge in [-0.15, -0.1) is 0 Å². The summed E-state index contributed by atoms with van der Waals surface area (Å²) in [6, 6.07) is 8.69. The molecule has 0 spiro atoms. The number of imidazole rings is 1. The Morgan fingerprint density at radius 1 is 1.25 bits per heavy atom. The van der Waals surface area contributed by atoms with Crippen LogP contribution in [0.4, 0.5) is 5.95 Å². The fraction of sp³-hybridized carbons (Fsp3) is 0.444. The number of nitrogens with one attached hydrogen (secondary N) is 1. The van der Waals surface area contributed by atoms with Crippen LogP contribution in [0.15, 0.2) is 34.9 Å². The van der Waals surface area contributed by atoms with Crippen LogP contribution < -0.4 is 5.32 Å². The summed E-state index contributed by atoms with van der Waals surface area (Å²) < 4.78 is 7.86. The molecule has 1 aliphatic rings. The van der Waals surface area contributed by atoms with Gasteiger partial charge >= 0.3 is 0 Å². The van der Waals surface area contributed by atoms with Crippen molar-refractivity contribution in [2.45, 2.75) is 32.4 Å². The van der Waals surface area contributed by atoms with Crippen molar-refractivity contribution in [3.8, 4) is 0 Å². The molecular weight excluding hydrogens is 302 g/mol. The Bertz CT molecular complexity index is 829. The van der Waals surface area contributed by atoms with E-state index in [2.05, 4.69) is 38.9 Å². The lowest BCUT2D eigenvalue weighted by Crippen LogP contribution is -2.37. The number of oxazole rings is 1. The largest absolute Gasteiger partial charge is 0.444 e. The van der Waals surface area contributed by atoms with Crippen molar-refractivity contribution < 1.29 is 4.42 Å². The van der Waals surface area contributed by atoms with Crippen LogP contribution >= 0.6 is 0 Å². The lowest BCUT2D eigenvalue weighted by Gasteiger charge is -2.29. The molecule has 0 amide bonds. The summed E-state index contributed by atoms with van der Waals surface area (Å²) in [4.78, 5) is 11.4. The van der Waals surface area contributed by atoms with Gasteiger partial charge in [-0.3, -0.25) is 0 Å². The molecule has 0 aliphatic carbocycles. The van der Waals surface area contributed by atoms with Gasteiger partial charge in [-0.1, -0.05) is 12.1 Å². The molecule has 0 unspecified atom stereocenters. The molecule has 0 radical (unpaired) electrons. The van der Waals surface area contributed by atoms with Gasteiger partial charge in [-0.25, -0.2) is 9.97 Å². The molecule has 1 fully saturated rings. The molecule has 3 aromatic rings. The first-order valence-electron chi connectivity index (χ1n) is 8.51. The number of fused-ring (bicyclic) bond motifs is 1. The molecule has 0 atom stereocenters. The minimum absolute atomic E-state index is 0.466. The Labute approximate surface area is 141 Å². The Kier molecular flexibility index (Phi) is 3.98. The average molecular weight is 325 g/mol. The van der Waals surface area contributed by atoms with E-state index in [9.17, 15) is 0 Å². The van der Waals surface area contributed by atoms with E-state index in [1.807, 2.05) is 19.1 Å². The number of aromatic nitrogens is 3. The van der Waals surface area contributed by atoms with Crippen LogP contribution in [-0.4, -0.2) is 45.6 Å². The Hall–Kier alpha value is -2.34. The first-order valence-corrected chi connectivity index (χ1v) is 8.51. The van der Waals surface area contributed by atoms with Crippen molar-refractivity contribution in [2.24, 2.45) is 0 Å². The van der Waals surface area contributed by atoms with E-state index >= 15 is 0 Å². The Morgan fingerprint density at radius 3 is 2.79 bits per heavy atom. The second-order valence-corrected chi connectivity index (χ2v) is 6.58. The first-order chi connectivity index (χ1) is 11.7. The highest BCUT2D eigenvalue weighted by Crippen LogP contribution is 2.23. The maximum Gasteiger partial charge on any atom is 0.204 e. The smallest absolute Gasteiger partial charge is 0.204 e. The monoisotopic (exact) mass is 325 g/mol. The molecule has 3 heterocycles. The van der Waals surface area contributed by atoms with E-state index in [4.69, 9.17) is 9.40 Å². The van der Waals surface area contributed by atoms with Crippen LogP contribution in [0.5, 0.6) is 0 Å². The predicted octanol–water partition coefficient (Wildman–Crippen LogP) is 2.89. The average Bonchev–Trinajstić information content (AvgIpc) is 3.14. The number of likely N-dealkylation sites (tertiary alicyclic amines) is 1. The number of para-hydroxylation sites is 2. The molecule has 6 heteroatoms. The molecule has 2 aromatic heterocycles. The van der Waals surface area contributed by atoms with E-state index < -0.39 is 0 Å². The third-order valence-electron chi connectivity index (χ3n) is 4.69. The zero-order chi connectivity index (χ0) is 16.5. The molecule has 0 bridgehead atoms. The quantitative estimate of drug-likeness (QED) is 0.799. The fourth-order valence-corrected chi connectivity index (χ4v) is 3.32. The second-order valence-electron chi connectivity index (χ2n) is 6.58. The van der Waals surface area contributed by atoms with Crippen LogP contribution in [-0.2, 0) is 6.54 Å². The van der Waals surface area contributed by atoms with Crippen molar-refractivity contribution in [3.63, 3.8) is 0 Å². The van der Waals surface area contributed by atoms with E-state index in [-0.39, 0.29) is 0 Å². The molecule has 1 saturated heterocycles. The van der Waals surface area contributed by atoms with Gasteiger partial charge in [0.05, 0.1) is 23.8 Å². The summed E-state index contributed by atoms with van der Waals surface area (Å²) in [5, 5.41) is 3.65. The highest BCUT2D eigenvalue weighted by atomic mass is 16.4. The van der Waals surface area contributed by atoms with E-state index in [1.54, 1.807) is 6.20 Å². The van der Waals surface area contributed by atoms with Gasteiger partial charge in [0.1, 0.15) is 5.76 Å². The van der Waals surface area contributed by atoms with Gasteiger partial charge in [-0.2, -0.15) is 0 Å². The maximum atomic E-state index is 5.67. The number of hydrogen-bond acceptors (Lipinski definition) is 5. The lowest BCUT2D eigenvalue weighted by atomic mass is 10.1. The van der Waals surface area contributed by atoms with E-state index in [1.165, 1.54) is 0 Å². The van der Waals surface area contributed by atoms with Crippen molar-refractivity contribution in [2.75, 3.05) is 25.5 Å². The third-order valence-corrected chi connectivity index (χ3v) is 4.69. The highest BCUT2D eigenvalue weighted by Gasteiger charge is 2.20. The number of hydrogen-bond donors (Lipinski definition) is 1. The SMILES string of the molecule is Cc1ncc(Cn2c(NC3CCN(C)CC3)nc3ccccc32)o1. The molecule has 4 rings (SSSR count). The molecule has 6 nitrogen and oxygen atoms in total. The molecule has 0 saturated carbocycles. The minimum Gasteiger partial charge on any atom is -0.444 e. The fourth-order valence-electron chi connectivity index (χ4n) is 3.32. The standard InChI is InChI=1S/C18H23N5O/c1-13-19-11-15(24-13)12-23-17-6-4-3-5-16(17)21-18(23)20-14-7-9-22(2)10-8-14/h3-6,11,14H,7-10,12H2,1-2H3,(H,20,21). The lowest BCUT2D eigenvalue weighted by molar-refractivity contribution is 0.263. The summed E-state index contributed by atoms with van der Waals surface area (Å²) in [5.74, 6) is 2.46. The third kappa shape index (κ3) is 3.01. The van der Waals surface area contributed by atoms with Crippen molar-refractivity contribution >= 4 is 17.0 Å². The number of anilines is 1. The molecule has 126 valence electrons. The number of benzene rings is 1. The van der Waals surface area contributed by atoms with Crippen molar-refractivity contribution in [3.05, 3.63) is 42.1 Å². The van der Waals surface area contributed by atoms with Gasteiger partial charge in [0, 0.05) is 13.0 Å². The van der Waals surface area contributed by atoms with Crippen LogP contribution in [0.3, 0.4) is 0 Å². The van der Waals surface area contributed by atoms with Gasteiger partial charge in [0.15, 0.2) is 5.89 Å². The first kappa shape index (κ1) is 15.2. The Morgan fingerprint density at radius 2 is 2.04 bits per heavy atom. The van der Waals surface area contributed by atoms with Gasteiger partial charge < -0.3 is 19.2 Å². The minimum atomic E-state index is 0.466. The molecule has 1 aliphatic heterocycles. The van der Waals surface area contributed by atoms with Crippen LogP contribution in [0.2, 0.25) is 0 Å². The van der Waals surface area contributed by atoms with Gasteiger partial charge in [-0.05, 0) is 45.1 Å². The normalized spacial score (nSPS) is 16.8. The van der Waals surface area contributed by atoms with Crippen LogP contribution in [0.25, 0.3) is 11.0 Å². The highest BCUT2D eigenvalue weighted by molar-refractivity contribution is 5.78. The molecular formula is C18H23N5O. The topological polar surface area (TPSA) is 59.1 Å². The number of aryl methyl sites for hydroxylation is 1. The van der Waals surface area contributed by atoms with Gasteiger partial charge in [0.25, 0.3) is 0 Å².